The van der Waals surface area contributed by atoms with Gasteiger partial charge >= 0.3 is 0 Å². The zero-order valence-electron chi connectivity index (χ0n) is 7.46. The minimum absolute atomic E-state index is 0.624. The van der Waals surface area contributed by atoms with Gasteiger partial charge < -0.3 is 9.52 Å². The first kappa shape index (κ1) is 8.33. The van der Waals surface area contributed by atoms with Crippen LogP contribution in [0, 0.1) is 0 Å². The fourth-order valence-electron chi connectivity index (χ4n) is 1.86. The molecule has 1 aromatic carbocycles. The van der Waals surface area contributed by atoms with Crippen molar-refractivity contribution in [1.29, 1.82) is 0 Å². The highest BCUT2D eigenvalue weighted by atomic mass is 35.5. The third-order valence-electron chi connectivity index (χ3n) is 2.77. The Morgan fingerprint density at radius 3 is 2.79 bits per heavy atom. The average Bonchev–Trinajstić information content (AvgIpc) is 2.74. The van der Waals surface area contributed by atoms with Gasteiger partial charge in [-0.25, -0.2) is 0 Å². The highest BCUT2D eigenvalue weighted by Crippen LogP contribution is 2.50. The van der Waals surface area contributed by atoms with Crippen LogP contribution in [-0.4, -0.2) is 5.11 Å². The van der Waals surface area contributed by atoms with Gasteiger partial charge in [0.25, 0.3) is 0 Å². The molecule has 1 aliphatic carbocycles. The van der Waals surface area contributed by atoms with Crippen LogP contribution in [0.1, 0.15) is 18.4 Å². The molecular weight excluding hydrogens is 200 g/mol. The molecule has 72 valence electrons. The molecule has 0 radical (unpaired) electrons. The van der Waals surface area contributed by atoms with Crippen LogP contribution < -0.4 is 0 Å². The molecule has 1 aromatic heterocycles. The molecule has 0 aliphatic heterocycles. The van der Waals surface area contributed by atoms with E-state index in [9.17, 15) is 5.11 Å². The van der Waals surface area contributed by atoms with Gasteiger partial charge in [-0.15, -0.1) is 0 Å². The molecule has 1 heterocycles. The van der Waals surface area contributed by atoms with Gasteiger partial charge in [0.1, 0.15) is 5.58 Å². The van der Waals surface area contributed by atoms with E-state index >= 15 is 0 Å². The van der Waals surface area contributed by atoms with Crippen LogP contribution >= 0.6 is 11.6 Å². The van der Waals surface area contributed by atoms with Crippen molar-refractivity contribution in [3.8, 4) is 0 Å². The second-order valence-electron chi connectivity index (χ2n) is 3.79. The fraction of sp³-hybridized carbons (Fsp3) is 0.273. The minimum Gasteiger partial charge on any atom is -0.464 e. The molecular formula is C11H9ClO2. The summed E-state index contributed by atoms with van der Waals surface area (Å²) in [5.41, 5.74) is 0.899. The van der Waals surface area contributed by atoms with E-state index in [0.717, 1.165) is 29.4 Å². The standard InChI is InChI=1S/C11H9ClO2/c12-8-1-2-9-7(3-6-14-9)10(8)11(13)4-5-11/h1-3,6,13H,4-5H2. The third-order valence-corrected chi connectivity index (χ3v) is 3.09. The molecule has 1 aliphatic rings. The largest absolute Gasteiger partial charge is 0.464 e. The molecule has 14 heavy (non-hydrogen) atoms. The highest BCUT2D eigenvalue weighted by molar-refractivity contribution is 6.32. The SMILES string of the molecule is OC1(c2c(Cl)ccc3occc23)CC1. The van der Waals surface area contributed by atoms with E-state index in [0.29, 0.717) is 5.02 Å². The highest BCUT2D eigenvalue weighted by Gasteiger charge is 2.44. The van der Waals surface area contributed by atoms with E-state index < -0.39 is 5.60 Å². The second kappa shape index (κ2) is 2.53. The lowest BCUT2D eigenvalue weighted by atomic mass is 10.0. The van der Waals surface area contributed by atoms with E-state index in [1.807, 2.05) is 12.1 Å². The Kier molecular flexibility index (Phi) is 1.50. The third kappa shape index (κ3) is 1.01. The molecule has 1 saturated carbocycles. The van der Waals surface area contributed by atoms with Gasteiger partial charge in [-0.2, -0.15) is 0 Å². The van der Waals surface area contributed by atoms with Gasteiger partial charge in [-0.05, 0) is 31.0 Å². The van der Waals surface area contributed by atoms with Gasteiger partial charge in [0.15, 0.2) is 0 Å². The number of rotatable bonds is 1. The number of benzene rings is 1. The molecule has 0 bridgehead atoms. The van der Waals surface area contributed by atoms with Crippen molar-refractivity contribution >= 4 is 22.6 Å². The first-order chi connectivity index (χ1) is 6.71. The van der Waals surface area contributed by atoms with Crippen LogP contribution in [0.15, 0.2) is 28.9 Å². The molecule has 3 heteroatoms. The van der Waals surface area contributed by atoms with Crippen LogP contribution in [-0.2, 0) is 5.60 Å². The molecule has 1 N–H and O–H groups in total. The predicted molar refractivity (Wildman–Crippen MR) is 54.4 cm³/mol. The van der Waals surface area contributed by atoms with Crippen molar-refractivity contribution in [3.05, 3.63) is 35.0 Å². The first-order valence-corrected chi connectivity index (χ1v) is 4.97. The van der Waals surface area contributed by atoms with Crippen molar-refractivity contribution in [1.82, 2.24) is 0 Å². The number of furan rings is 1. The molecule has 3 rings (SSSR count). The Hall–Kier alpha value is -0.990. The van der Waals surface area contributed by atoms with E-state index in [1.165, 1.54) is 0 Å². The maximum atomic E-state index is 10.1. The molecule has 1 fully saturated rings. The zero-order valence-corrected chi connectivity index (χ0v) is 8.21. The Balaban J connectivity index is 2.38. The van der Waals surface area contributed by atoms with E-state index in [-0.39, 0.29) is 0 Å². The number of halogens is 1. The lowest BCUT2D eigenvalue weighted by Gasteiger charge is -2.10. The van der Waals surface area contributed by atoms with Crippen molar-refractivity contribution in [2.75, 3.05) is 0 Å². The zero-order chi connectivity index (χ0) is 9.76. The topological polar surface area (TPSA) is 33.4 Å². The summed E-state index contributed by atoms with van der Waals surface area (Å²) in [5, 5.41) is 11.6. The first-order valence-electron chi connectivity index (χ1n) is 4.59. The van der Waals surface area contributed by atoms with Gasteiger partial charge in [-0.1, -0.05) is 11.6 Å². The van der Waals surface area contributed by atoms with Gasteiger partial charge in [0.05, 0.1) is 11.9 Å². The predicted octanol–water partition coefficient (Wildman–Crippen LogP) is 3.07. The number of hydrogen-bond donors (Lipinski definition) is 1. The number of aliphatic hydroxyl groups is 1. The van der Waals surface area contributed by atoms with Crippen molar-refractivity contribution in [2.24, 2.45) is 0 Å². The Morgan fingerprint density at radius 2 is 2.07 bits per heavy atom. The summed E-state index contributed by atoms with van der Waals surface area (Å²) in [6.07, 6.45) is 3.20. The lowest BCUT2D eigenvalue weighted by Crippen LogP contribution is -2.05. The summed E-state index contributed by atoms with van der Waals surface area (Å²) < 4.78 is 5.27. The van der Waals surface area contributed by atoms with Crippen LogP contribution in [0.25, 0.3) is 11.0 Å². The van der Waals surface area contributed by atoms with E-state index in [4.69, 9.17) is 16.0 Å². The fourth-order valence-corrected chi connectivity index (χ4v) is 2.20. The van der Waals surface area contributed by atoms with Gasteiger partial charge in [0.2, 0.25) is 0 Å². The van der Waals surface area contributed by atoms with Crippen molar-refractivity contribution in [2.45, 2.75) is 18.4 Å². The molecule has 0 amide bonds. The molecule has 0 atom stereocenters. The quantitative estimate of drug-likeness (QED) is 0.782. The maximum Gasteiger partial charge on any atom is 0.134 e. The van der Waals surface area contributed by atoms with E-state index in [2.05, 4.69) is 0 Å². The monoisotopic (exact) mass is 208 g/mol. The van der Waals surface area contributed by atoms with Crippen LogP contribution in [0.3, 0.4) is 0 Å². The van der Waals surface area contributed by atoms with Crippen molar-refractivity contribution in [3.63, 3.8) is 0 Å². The van der Waals surface area contributed by atoms with Crippen LogP contribution in [0.4, 0.5) is 0 Å². The smallest absolute Gasteiger partial charge is 0.134 e. The number of hydrogen-bond acceptors (Lipinski definition) is 2. The molecule has 0 spiro atoms. The molecule has 2 nitrogen and oxygen atoms in total. The minimum atomic E-state index is -0.708. The Labute approximate surface area is 86.1 Å². The average molecular weight is 209 g/mol. The van der Waals surface area contributed by atoms with E-state index in [1.54, 1.807) is 12.3 Å². The lowest BCUT2D eigenvalue weighted by molar-refractivity contribution is 0.153. The van der Waals surface area contributed by atoms with Crippen LogP contribution in [0.2, 0.25) is 5.02 Å². The number of fused-ring (bicyclic) bond motifs is 1. The Bertz CT molecular complexity index is 497. The summed E-state index contributed by atoms with van der Waals surface area (Å²) in [5.74, 6) is 0. The molecule has 2 aromatic rings. The van der Waals surface area contributed by atoms with Gasteiger partial charge in [-0.3, -0.25) is 0 Å². The summed E-state index contributed by atoms with van der Waals surface area (Å²) in [6, 6.07) is 5.46. The van der Waals surface area contributed by atoms with Gasteiger partial charge in [0, 0.05) is 16.0 Å². The summed E-state index contributed by atoms with van der Waals surface area (Å²) >= 11 is 6.08. The Morgan fingerprint density at radius 1 is 1.29 bits per heavy atom. The summed E-state index contributed by atoms with van der Waals surface area (Å²) in [4.78, 5) is 0. The summed E-state index contributed by atoms with van der Waals surface area (Å²) in [6.45, 7) is 0. The normalized spacial score (nSPS) is 18.7. The maximum absolute atomic E-state index is 10.1. The molecule has 0 unspecified atom stereocenters. The summed E-state index contributed by atoms with van der Waals surface area (Å²) in [7, 11) is 0. The van der Waals surface area contributed by atoms with Crippen molar-refractivity contribution < 1.29 is 9.52 Å². The van der Waals surface area contributed by atoms with Crippen LogP contribution in [0.5, 0.6) is 0 Å². The second-order valence-corrected chi connectivity index (χ2v) is 4.19. The molecule has 0 saturated heterocycles.